The molecule has 0 spiro atoms. The summed E-state index contributed by atoms with van der Waals surface area (Å²) < 4.78 is 23.7. The first-order valence-corrected chi connectivity index (χ1v) is 24.7. The van der Waals surface area contributed by atoms with Crippen molar-refractivity contribution in [2.75, 3.05) is 0 Å². The summed E-state index contributed by atoms with van der Waals surface area (Å²) in [6.45, 7) is 27.4. The standard InChI is InChI=1S/C10H24O3Si2.C6H14O2.C4H12Cl2OSi2.CH4/c1-9-8-10(2,3)12-15(6,7)13-14(4,5)11-9;1-5(7)4-6(2,3)8;1-8(2,5)7-9(3,4)6;/h9H,8H2,1-7H3;5,7-8H,4H2,1-3H3;1-4H3;1H4. The van der Waals surface area contributed by atoms with Gasteiger partial charge in [0.05, 0.1) is 17.3 Å². The molecule has 6 nitrogen and oxygen atoms in total. The lowest BCUT2D eigenvalue weighted by molar-refractivity contribution is 0.000446. The maximum atomic E-state index is 9.03. The van der Waals surface area contributed by atoms with E-state index in [2.05, 4.69) is 47.0 Å². The highest BCUT2D eigenvalue weighted by molar-refractivity contribution is 7.24. The number of halogens is 2. The van der Waals surface area contributed by atoms with Crippen molar-refractivity contribution in [1.82, 2.24) is 0 Å². The van der Waals surface area contributed by atoms with Crippen LogP contribution in [-0.2, 0) is 17.1 Å². The summed E-state index contributed by atoms with van der Waals surface area (Å²) in [7, 11) is -7.82. The smallest absolute Gasteiger partial charge is 0.323 e. The third kappa shape index (κ3) is 27.6. The number of aliphatic hydroxyl groups excluding tert-OH is 1. The molecule has 0 radical (unpaired) electrons. The minimum absolute atomic E-state index is 0. The molecule has 2 N–H and O–H groups in total. The van der Waals surface area contributed by atoms with Gasteiger partial charge in [-0.15, -0.1) is 22.2 Å². The first-order chi connectivity index (χ1) is 13.6. The predicted molar refractivity (Wildman–Crippen MR) is 153 cm³/mol. The Hall–Kier alpha value is 1.21. The minimum Gasteiger partial charge on any atom is -0.433 e. The van der Waals surface area contributed by atoms with E-state index in [0.717, 1.165) is 6.42 Å². The first-order valence-electron chi connectivity index (χ1n) is 11.2. The van der Waals surface area contributed by atoms with Crippen LogP contribution in [0.4, 0.5) is 0 Å². The fourth-order valence-corrected chi connectivity index (χ4v) is 19.9. The lowest BCUT2D eigenvalue weighted by Crippen LogP contribution is -2.56. The van der Waals surface area contributed by atoms with Crippen LogP contribution in [0, 0.1) is 0 Å². The van der Waals surface area contributed by atoms with Crippen LogP contribution in [0.3, 0.4) is 0 Å². The highest BCUT2D eigenvalue weighted by Gasteiger charge is 2.44. The molecule has 0 amide bonds. The molecule has 1 heterocycles. The Bertz CT molecular complexity index is 508. The van der Waals surface area contributed by atoms with Crippen LogP contribution in [0.25, 0.3) is 0 Å². The Morgan fingerprint density at radius 3 is 1.70 bits per heavy atom. The van der Waals surface area contributed by atoms with E-state index in [9.17, 15) is 0 Å². The van der Waals surface area contributed by atoms with Gasteiger partial charge in [0.15, 0.2) is 0 Å². The molecule has 1 aliphatic heterocycles. The van der Waals surface area contributed by atoms with E-state index in [4.69, 9.17) is 49.5 Å². The van der Waals surface area contributed by atoms with E-state index < -0.39 is 44.1 Å². The number of rotatable bonds is 4. The zero-order chi connectivity index (χ0) is 26.4. The quantitative estimate of drug-likeness (QED) is 0.272. The molecule has 204 valence electrons. The SMILES string of the molecule is C.CC(O)CC(C)(C)O.CC1CC(C)(C)O[Si](C)(C)O[Si](C)(C)O1.C[Si](C)(Cl)O[Si](C)(C)Cl. The second-order valence-electron chi connectivity index (χ2n) is 11.6. The highest BCUT2D eigenvalue weighted by Crippen LogP contribution is 2.31. The molecule has 2 atom stereocenters. The molecular formula is C21H54Cl2O6Si4. The topological polar surface area (TPSA) is 77.4 Å². The molecule has 0 aromatic rings. The summed E-state index contributed by atoms with van der Waals surface area (Å²) in [5, 5.41) is 17.8. The van der Waals surface area contributed by atoms with Crippen molar-refractivity contribution in [2.24, 2.45) is 0 Å². The molecule has 33 heavy (non-hydrogen) atoms. The van der Waals surface area contributed by atoms with Crippen molar-refractivity contribution in [1.29, 1.82) is 0 Å². The first kappa shape index (κ1) is 38.7. The van der Waals surface area contributed by atoms with Gasteiger partial charge in [-0.05, 0) is 100 Å². The van der Waals surface area contributed by atoms with Gasteiger partial charge >= 0.3 is 17.1 Å². The second-order valence-corrected chi connectivity index (χ2v) is 30.2. The van der Waals surface area contributed by atoms with E-state index >= 15 is 0 Å². The molecule has 1 fully saturated rings. The van der Waals surface area contributed by atoms with Gasteiger partial charge < -0.3 is 27.3 Å². The van der Waals surface area contributed by atoms with Crippen LogP contribution < -0.4 is 0 Å². The van der Waals surface area contributed by atoms with Crippen molar-refractivity contribution >= 4 is 54.5 Å². The molecule has 0 saturated carbocycles. The van der Waals surface area contributed by atoms with Gasteiger partial charge in [-0.2, -0.15) is 0 Å². The third-order valence-corrected chi connectivity index (χ3v) is 14.8. The lowest BCUT2D eigenvalue weighted by Gasteiger charge is -2.44. The summed E-state index contributed by atoms with van der Waals surface area (Å²) in [5.74, 6) is 0. The molecule has 0 aromatic heterocycles. The third-order valence-electron chi connectivity index (χ3n) is 3.56. The zero-order valence-corrected chi connectivity index (χ0v) is 28.4. The van der Waals surface area contributed by atoms with Crippen LogP contribution >= 0.6 is 22.2 Å². The Kier molecular flexibility index (Phi) is 16.7. The van der Waals surface area contributed by atoms with Gasteiger partial charge in [-0.25, -0.2) is 0 Å². The van der Waals surface area contributed by atoms with Crippen LogP contribution in [0.2, 0.25) is 52.4 Å². The number of hydrogen-bond donors (Lipinski definition) is 2. The fourth-order valence-electron chi connectivity index (χ4n) is 3.86. The summed E-state index contributed by atoms with van der Waals surface area (Å²) in [6.07, 6.45) is 1.18. The number of aliphatic hydroxyl groups is 2. The molecular weight excluding hydrogens is 531 g/mol. The van der Waals surface area contributed by atoms with Crippen molar-refractivity contribution in [2.45, 2.75) is 138 Å². The van der Waals surface area contributed by atoms with Crippen molar-refractivity contribution < 1.29 is 27.3 Å². The molecule has 0 aliphatic carbocycles. The minimum atomic E-state index is -2.04. The maximum Gasteiger partial charge on any atom is 0.323 e. The van der Waals surface area contributed by atoms with Gasteiger partial charge in [-0.1, -0.05) is 7.43 Å². The van der Waals surface area contributed by atoms with Crippen LogP contribution in [-0.4, -0.2) is 66.0 Å². The zero-order valence-electron chi connectivity index (χ0n) is 22.9. The number of hydrogen-bond acceptors (Lipinski definition) is 6. The van der Waals surface area contributed by atoms with E-state index in [1.165, 1.54) is 0 Å². The predicted octanol–water partition coefficient (Wildman–Crippen LogP) is 7.06. The van der Waals surface area contributed by atoms with Gasteiger partial charge in [0, 0.05) is 12.5 Å². The average Bonchev–Trinajstić information content (AvgIpc) is 2.23. The Morgan fingerprint density at radius 1 is 1.06 bits per heavy atom. The van der Waals surface area contributed by atoms with E-state index in [-0.39, 0.29) is 19.1 Å². The lowest BCUT2D eigenvalue weighted by atomic mass is 10.0. The highest BCUT2D eigenvalue weighted by atomic mass is 35.6. The normalized spacial score (nSPS) is 23.3. The monoisotopic (exact) mass is 584 g/mol. The summed E-state index contributed by atoms with van der Waals surface area (Å²) in [4.78, 5) is 0. The fraction of sp³-hybridized carbons (Fsp3) is 1.00. The van der Waals surface area contributed by atoms with Gasteiger partial charge in [0.2, 0.25) is 0 Å². The van der Waals surface area contributed by atoms with Crippen LogP contribution in [0.1, 0.15) is 61.8 Å². The largest absolute Gasteiger partial charge is 0.433 e. The van der Waals surface area contributed by atoms with Crippen LogP contribution in [0.15, 0.2) is 0 Å². The Balaban J connectivity index is -0.000000434. The Morgan fingerprint density at radius 2 is 1.45 bits per heavy atom. The van der Waals surface area contributed by atoms with E-state index in [1.807, 2.05) is 26.2 Å². The van der Waals surface area contributed by atoms with E-state index in [1.54, 1.807) is 20.8 Å². The molecule has 0 bridgehead atoms. The van der Waals surface area contributed by atoms with Gasteiger partial charge in [0.25, 0.3) is 15.3 Å². The summed E-state index contributed by atoms with van der Waals surface area (Å²) >= 11 is 11.8. The van der Waals surface area contributed by atoms with Crippen molar-refractivity contribution in [3.8, 4) is 0 Å². The molecule has 1 saturated heterocycles. The maximum absolute atomic E-state index is 9.03. The molecule has 2 unspecified atom stereocenters. The van der Waals surface area contributed by atoms with Crippen LogP contribution in [0.5, 0.6) is 0 Å². The van der Waals surface area contributed by atoms with Gasteiger partial charge in [-0.3, -0.25) is 0 Å². The van der Waals surface area contributed by atoms with Crippen molar-refractivity contribution in [3.63, 3.8) is 0 Å². The van der Waals surface area contributed by atoms with Gasteiger partial charge in [0.1, 0.15) is 0 Å². The Labute approximate surface area is 218 Å². The molecule has 0 aromatic carbocycles. The second kappa shape index (κ2) is 14.2. The summed E-state index contributed by atoms with van der Waals surface area (Å²) in [6, 6.07) is 0. The van der Waals surface area contributed by atoms with Crippen molar-refractivity contribution in [3.05, 3.63) is 0 Å². The molecule has 1 rings (SSSR count). The average molecular weight is 586 g/mol. The molecule has 1 aliphatic rings. The summed E-state index contributed by atoms with van der Waals surface area (Å²) in [5.41, 5.74) is -0.867. The molecule has 12 heteroatoms. The van der Waals surface area contributed by atoms with E-state index in [0.29, 0.717) is 6.42 Å².